The molecular formula is C14H18FN3O2. The highest BCUT2D eigenvalue weighted by Crippen LogP contribution is 2.13. The Kier molecular flexibility index (Phi) is 4.34. The highest BCUT2D eigenvalue weighted by molar-refractivity contribution is 5.97. The van der Waals surface area contributed by atoms with Gasteiger partial charge in [0.2, 0.25) is 11.8 Å². The standard InChI is InChI=1S/C14H18FN3O2/c1-10(19)18-8-7-17(2)9-13(18)14(20)16-12-5-3-11(15)4-6-12/h3-6,13H,7-9H2,1-2H3,(H,16,20)/t13-/m1/s1. The molecule has 1 aliphatic rings. The number of nitrogens with one attached hydrogen (secondary N) is 1. The number of anilines is 1. The average molecular weight is 279 g/mol. The number of benzene rings is 1. The highest BCUT2D eigenvalue weighted by Gasteiger charge is 2.32. The SMILES string of the molecule is CC(=O)N1CCN(C)C[C@@H]1C(=O)Nc1ccc(F)cc1. The number of likely N-dealkylation sites (N-methyl/N-ethyl adjacent to an activating group) is 1. The summed E-state index contributed by atoms with van der Waals surface area (Å²) in [5, 5.41) is 2.72. The fraction of sp³-hybridized carbons (Fsp3) is 0.429. The lowest BCUT2D eigenvalue weighted by Gasteiger charge is -2.38. The first kappa shape index (κ1) is 14.5. The largest absolute Gasteiger partial charge is 0.328 e. The molecule has 0 radical (unpaired) electrons. The second kappa shape index (κ2) is 6.00. The van der Waals surface area contributed by atoms with Crippen LogP contribution in [0, 0.1) is 5.82 Å². The minimum absolute atomic E-state index is 0.114. The van der Waals surface area contributed by atoms with Crippen molar-refractivity contribution >= 4 is 17.5 Å². The van der Waals surface area contributed by atoms with Gasteiger partial charge in [0.1, 0.15) is 11.9 Å². The maximum absolute atomic E-state index is 12.8. The fourth-order valence-corrected chi connectivity index (χ4v) is 2.28. The zero-order chi connectivity index (χ0) is 14.7. The van der Waals surface area contributed by atoms with Crippen molar-refractivity contribution in [2.45, 2.75) is 13.0 Å². The lowest BCUT2D eigenvalue weighted by atomic mass is 10.1. The van der Waals surface area contributed by atoms with E-state index >= 15 is 0 Å². The number of carbonyl (C=O) groups excluding carboxylic acids is 2. The summed E-state index contributed by atoms with van der Waals surface area (Å²) in [5.41, 5.74) is 0.521. The second-order valence-electron chi connectivity index (χ2n) is 4.99. The third-order valence-electron chi connectivity index (χ3n) is 3.40. The van der Waals surface area contributed by atoms with Gasteiger partial charge in [0.15, 0.2) is 0 Å². The zero-order valence-electron chi connectivity index (χ0n) is 11.6. The lowest BCUT2D eigenvalue weighted by molar-refractivity contribution is -0.139. The Morgan fingerprint density at radius 1 is 1.25 bits per heavy atom. The fourth-order valence-electron chi connectivity index (χ4n) is 2.28. The number of nitrogens with zero attached hydrogens (tertiary/aromatic N) is 2. The van der Waals surface area contributed by atoms with Gasteiger partial charge in [-0.25, -0.2) is 4.39 Å². The van der Waals surface area contributed by atoms with Crippen LogP contribution >= 0.6 is 0 Å². The van der Waals surface area contributed by atoms with E-state index in [0.717, 1.165) is 6.54 Å². The molecule has 0 spiro atoms. The van der Waals surface area contributed by atoms with Crippen molar-refractivity contribution in [2.75, 3.05) is 32.0 Å². The van der Waals surface area contributed by atoms with E-state index in [1.807, 2.05) is 11.9 Å². The number of piperazine rings is 1. The van der Waals surface area contributed by atoms with Crippen LogP contribution < -0.4 is 5.32 Å². The van der Waals surface area contributed by atoms with Crippen LogP contribution in [0.5, 0.6) is 0 Å². The summed E-state index contributed by atoms with van der Waals surface area (Å²) in [4.78, 5) is 27.5. The number of amides is 2. The molecule has 1 fully saturated rings. The second-order valence-corrected chi connectivity index (χ2v) is 4.99. The van der Waals surface area contributed by atoms with Crippen LogP contribution in [0.4, 0.5) is 10.1 Å². The average Bonchev–Trinajstić information content (AvgIpc) is 2.41. The van der Waals surface area contributed by atoms with Crippen molar-refractivity contribution in [3.63, 3.8) is 0 Å². The van der Waals surface area contributed by atoms with Gasteiger partial charge in [0, 0.05) is 32.2 Å². The van der Waals surface area contributed by atoms with Gasteiger partial charge in [-0.3, -0.25) is 9.59 Å². The predicted octanol–water partition coefficient (Wildman–Crippen LogP) is 0.927. The van der Waals surface area contributed by atoms with Crippen LogP contribution in [0.1, 0.15) is 6.92 Å². The Morgan fingerprint density at radius 2 is 1.90 bits per heavy atom. The van der Waals surface area contributed by atoms with E-state index in [0.29, 0.717) is 18.8 Å². The van der Waals surface area contributed by atoms with Crippen LogP contribution in [0.3, 0.4) is 0 Å². The van der Waals surface area contributed by atoms with Crippen molar-refractivity contribution in [3.05, 3.63) is 30.1 Å². The molecule has 0 aliphatic carbocycles. The molecule has 0 aromatic heterocycles. The Balaban J connectivity index is 2.08. The third-order valence-corrected chi connectivity index (χ3v) is 3.40. The number of halogens is 1. The molecule has 6 heteroatoms. The van der Waals surface area contributed by atoms with Gasteiger partial charge in [-0.2, -0.15) is 0 Å². The first-order valence-electron chi connectivity index (χ1n) is 6.49. The first-order valence-corrected chi connectivity index (χ1v) is 6.49. The molecule has 0 unspecified atom stereocenters. The van der Waals surface area contributed by atoms with Crippen molar-refractivity contribution in [1.29, 1.82) is 0 Å². The first-order chi connectivity index (χ1) is 9.47. The number of hydrogen-bond donors (Lipinski definition) is 1. The van der Waals surface area contributed by atoms with E-state index in [1.165, 1.54) is 31.2 Å². The van der Waals surface area contributed by atoms with Crippen LogP contribution in [0.2, 0.25) is 0 Å². The van der Waals surface area contributed by atoms with E-state index < -0.39 is 6.04 Å². The predicted molar refractivity (Wildman–Crippen MR) is 73.7 cm³/mol. The molecule has 1 saturated heterocycles. The minimum Gasteiger partial charge on any atom is -0.328 e. The summed E-state index contributed by atoms with van der Waals surface area (Å²) in [6.45, 7) is 3.24. The van der Waals surface area contributed by atoms with E-state index in [9.17, 15) is 14.0 Å². The maximum Gasteiger partial charge on any atom is 0.248 e. The van der Waals surface area contributed by atoms with Crippen LogP contribution in [-0.2, 0) is 9.59 Å². The molecule has 0 saturated carbocycles. The molecule has 1 aromatic carbocycles. The van der Waals surface area contributed by atoms with E-state index in [4.69, 9.17) is 0 Å². The van der Waals surface area contributed by atoms with Gasteiger partial charge in [0.25, 0.3) is 0 Å². The van der Waals surface area contributed by atoms with Gasteiger partial charge >= 0.3 is 0 Å². The van der Waals surface area contributed by atoms with Crippen molar-refractivity contribution in [2.24, 2.45) is 0 Å². The van der Waals surface area contributed by atoms with E-state index in [2.05, 4.69) is 5.32 Å². The monoisotopic (exact) mass is 279 g/mol. The summed E-state index contributed by atoms with van der Waals surface area (Å²) in [5.74, 6) is -0.721. The van der Waals surface area contributed by atoms with Gasteiger partial charge in [0.05, 0.1) is 0 Å². The van der Waals surface area contributed by atoms with Crippen molar-refractivity contribution in [3.8, 4) is 0 Å². The zero-order valence-corrected chi connectivity index (χ0v) is 11.6. The molecule has 1 aromatic rings. The Bertz CT molecular complexity index is 504. The minimum atomic E-state index is -0.517. The smallest absolute Gasteiger partial charge is 0.248 e. The van der Waals surface area contributed by atoms with Crippen molar-refractivity contribution < 1.29 is 14.0 Å². The Morgan fingerprint density at radius 3 is 2.50 bits per heavy atom. The Labute approximate surface area is 117 Å². The maximum atomic E-state index is 12.8. The third kappa shape index (κ3) is 3.33. The number of hydrogen-bond acceptors (Lipinski definition) is 3. The topological polar surface area (TPSA) is 52.7 Å². The molecule has 0 bridgehead atoms. The van der Waals surface area contributed by atoms with Crippen molar-refractivity contribution in [1.82, 2.24) is 9.80 Å². The van der Waals surface area contributed by atoms with E-state index in [-0.39, 0.29) is 17.6 Å². The normalized spacial score (nSPS) is 19.8. The summed E-state index contributed by atoms with van der Waals surface area (Å²) in [6.07, 6.45) is 0. The molecule has 20 heavy (non-hydrogen) atoms. The molecule has 1 N–H and O–H groups in total. The summed E-state index contributed by atoms with van der Waals surface area (Å²) >= 11 is 0. The molecule has 2 rings (SSSR count). The molecular weight excluding hydrogens is 261 g/mol. The summed E-state index contributed by atoms with van der Waals surface area (Å²) < 4.78 is 12.8. The van der Waals surface area contributed by atoms with Gasteiger partial charge in [-0.15, -0.1) is 0 Å². The van der Waals surface area contributed by atoms with Crippen LogP contribution in [0.25, 0.3) is 0 Å². The summed E-state index contributed by atoms with van der Waals surface area (Å²) in [6, 6.07) is 5.04. The van der Waals surface area contributed by atoms with E-state index in [1.54, 1.807) is 4.90 Å². The van der Waals surface area contributed by atoms with Gasteiger partial charge in [-0.05, 0) is 31.3 Å². The molecule has 1 atom stereocenters. The molecule has 2 amide bonds. The number of carbonyl (C=O) groups is 2. The molecule has 5 nitrogen and oxygen atoms in total. The Hall–Kier alpha value is -1.95. The molecule has 108 valence electrons. The quantitative estimate of drug-likeness (QED) is 0.876. The molecule has 1 heterocycles. The van der Waals surface area contributed by atoms with Crippen LogP contribution in [-0.4, -0.2) is 54.3 Å². The van der Waals surface area contributed by atoms with Gasteiger partial charge in [-0.1, -0.05) is 0 Å². The molecule has 1 aliphatic heterocycles. The number of rotatable bonds is 2. The van der Waals surface area contributed by atoms with Gasteiger partial charge < -0.3 is 15.1 Å². The van der Waals surface area contributed by atoms with Crippen LogP contribution in [0.15, 0.2) is 24.3 Å². The summed E-state index contributed by atoms with van der Waals surface area (Å²) in [7, 11) is 1.91. The lowest BCUT2D eigenvalue weighted by Crippen LogP contribution is -2.58. The highest BCUT2D eigenvalue weighted by atomic mass is 19.1.